The van der Waals surface area contributed by atoms with Crippen LogP contribution in [0.25, 0.3) is 21.8 Å². The maximum Gasteiger partial charge on any atom is 0.355 e. The number of aromatic nitrogens is 2. The highest BCUT2D eigenvalue weighted by Gasteiger charge is 2.17. The second kappa shape index (κ2) is 3.53. The number of carboxylic acid groups (broad SMARTS) is 1. The van der Waals surface area contributed by atoms with E-state index in [-0.39, 0.29) is 11.5 Å². The van der Waals surface area contributed by atoms with Crippen molar-refractivity contribution in [3.05, 3.63) is 41.5 Å². The van der Waals surface area contributed by atoms with E-state index in [9.17, 15) is 14.3 Å². The van der Waals surface area contributed by atoms with Crippen LogP contribution >= 0.6 is 0 Å². The van der Waals surface area contributed by atoms with Gasteiger partial charge in [0.05, 0.1) is 11.0 Å². The Kier molecular flexibility index (Phi) is 2.10. The van der Waals surface area contributed by atoms with Crippen LogP contribution in [0.5, 0.6) is 0 Å². The fourth-order valence-corrected chi connectivity index (χ4v) is 2.18. The van der Waals surface area contributed by atoms with Crippen LogP contribution in [0, 0.1) is 12.7 Å². The molecule has 0 fully saturated rings. The van der Waals surface area contributed by atoms with Gasteiger partial charge in [0.15, 0.2) is 5.69 Å². The Morgan fingerprint density at radius 3 is 2.94 bits per heavy atom. The number of aromatic amines is 1. The summed E-state index contributed by atoms with van der Waals surface area (Å²) in [5, 5.41) is 10.3. The quantitative estimate of drug-likeness (QED) is 0.691. The van der Waals surface area contributed by atoms with Crippen LogP contribution in [0.4, 0.5) is 4.39 Å². The van der Waals surface area contributed by atoms with Gasteiger partial charge in [0.2, 0.25) is 0 Å². The summed E-state index contributed by atoms with van der Waals surface area (Å²) in [6, 6.07) is 4.10. The Morgan fingerprint density at radius 2 is 2.22 bits per heavy atom. The van der Waals surface area contributed by atoms with E-state index in [1.807, 2.05) is 0 Å². The lowest BCUT2D eigenvalue weighted by molar-refractivity contribution is 0.0693. The van der Waals surface area contributed by atoms with Gasteiger partial charge in [-0.15, -0.1) is 0 Å². The van der Waals surface area contributed by atoms with Gasteiger partial charge >= 0.3 is 5.97 Å². The summed E-state index contributed by atoms with van der Waals surface area (Å²) >= 11 is 0. The molecule has 4 nitrogen and oxygen atoms in total. The van der Waals surface area contributed by atoms with Crippen molar-refractivity contribution >= 4 is 27.8 Å². The molecule has 0 bridgehead atoms. The highest BCUT2D eigenvalue weighted by molar-refractivity contribution is 6.12. The first-order valence-corrected chi connectivity index (χ1v) is 5.38. The monoisotopic (exact) mass is 244 g/mol. The Morgan fingerprint density at radius 1 is 1.44 bits per heavy atom. The number of carbonyl (C=O) groups is 1. The summed E-state index contributed by atoms with van der Waals surface area (Å²) in [4.78, 5) is 18.3. The van der Waals surface area contributed by atoms with E-state index in [1.165, 1.54) is 18.2 Å². The molecule has 0 atom stereocenters. The van der Waals surface area contributed by atoms with Crippen LogP contribution in [-0.2, 0) is 0 Å². The molecule has 0 aliphatic rings. The SMILES string of the molecule is Cc1c[nH]c2c1c(C(=O)O)nc1ccc(F)cc12. The fraction of sp³-hybridized carbons (Fsp3) is 0.0769. The average molecular weight is 244 g/mol. The maximum absolute atomic E-state index is 13.3. The van der Waals surface area contributed by atoms with E-state index < -0.39 is 5.97 Å². The summed E-state index contributed by atoms with van der Waals surface area (Å²) in [6.45, 7) is 1.79. The molecular weight excluding hydrogens is 235 g/mol. The molecule has 0 saturated carbocycles. The molecule has 0 unspecified atom stereocenters. The number of aromatic carboxylic acids is 1. The summed E-state index contributed by atoms with van der Waals surface area (Å²) < 4.78 is 13.3. The molecule has 1 aromatic carbocycles. The number of aryl methyl sites for hydroxylation is 1. The van der Waals surface area contributed by atoms with Gasteiger partial charge in [-0.05, 0) is 30.7 Å². The summed E-state index contributed by atoms with van der Waals surface area (Å²) in [5.41, 5.74) is 1.83. The zero-order valence-corrected chi connectivity index (χ0v) is 9.49. The summed E-state index contributed by atoms with van der Waals surface area (Å²) in [7, 11) is 0. The number of H-pyrrole nitrogens is 1. The van der Waals surface area contributed by atoms with Crippen molar-refractivity contribution in [2.24, 2.45) is 0 Å². The Hall–Kier alpha value is -2.43. The third-order valence-electron chi connectivity index (χ3n) is 2.98. The molecule has 2 N–H and O–H groups in total. The van der Waals surface area contributed by atoms with Gasteiger partial charge in [-0.2, -0.15) is 0 Å². The molecule has 0 aliphatic heterocycles. The average Bonchev–Trinajstić information content (AvgIpc) is 2.71. The van der Waals surface area contributed by atoms with E-state index in [2.05, 4.69) is 9.97 Å². The van der Waals surface area contributed by atoms with Crippen molar-refractivity contribution in [3.63, 3.8) is 0 Å². The minimum atomic E-state index is -1.09. The van der Waals surface area contributed by atoms with E-state index in [1.54, 1.807) is 13.1 Å². The molecule has 3 rings (SSSR count). The molecule has 5 heteroatoms. The van der Waals surface area contributed by atoms with Gasteiger partial charge in [0.25, 0.3) is 0 Å². The summed E-state index contributed by atoms with van der Waals surface area (Å²) in [5.74, 6) is -1.46. The molecule has 0 radical (unpaired) electrons. The largest absolute Gasteiger partial charge is 0.476 e. The second-order valence-electron chi connectivity index (χ2n) is 4.15. The molecule has 2 heterocycles. The zero-order valence-electron chi connectivity index (χ0n) is 9.49. The molecule has 0 saturated heterocycles. The first-order chi connectivity index (χ1) is 8.58. The van der Waals surface area contributed by atoms with Crippen LogP contribution < -0.4 is 0 Å². The van der Waals surface area contributed by atoms with Crippen molar-refractivity contribution in [1.82, 2.24) is 9.97 Å². The smallest absolute Gasteiger partial charge is 0.355 e. The Balaban J connectivity index is 2.59. The van der Waals surface area contributed by atoms with Gasteiger partial charge < -0.3 is 10.1 Å². The minimum Gasteiger partial charge on any atom is -0.476 e. The third kappa shape index (κ3) is 1.37. The van der Waals surface area contributed by atoms with E-state index >= 15 is 0 Å². The van der Waals surface area contributed by atoms with E-state index in [4.69, 9.17) is 0 Å². The van der Waals surface area contributed by atoms with Crippen LogP contribution in [0.1, 0.15) is 16.1 Å². The molecule has 0 spiro atoms. The second-order valence-corrected chi connectivity index (χ2v) is 4.15. The normalized spacial score (nSPS) is 11.2. The number of rotatable bonds is 1. The molecule has 3 aromatic rings. The van der Waals surface area contributed by atoms with Crippen LogP contribution in [0.2, 0.25) is 0 Å². The fourth-order valence-electron chi connectivity index (χ4n) is 2.18. The number of fused-ring (bicyclic) bond motifs is 3. The lowest BCUT2D eigenvalue weighted by Gasteiger charge is -2.04. The number of pyridine rings is 1. The van der Waals surface area contributed by atoms with Crippen molar-refractivity contribution in [3.8, 4) is 0 Å². The topological polar surface area (TPSA) is 66.0 Å². The van der Waals surface area contributed by atoms with Crippen LogP contribution in [0.15, 0.2) is 24.4 Å². The van der Waals surface area contributed by atoms with Crippen molar-refractivity contribution in [2.45, 2.75) is 6.92 Å². The standard InChI is InChI=1S/C13H9FN2O2/c1-6-5-15-11-8-4-7(14)2-3-9(8)16-12(10(6)11)13(17)18/h2-5,15H,1H3,(H,17,18). The maximum atomic E-state index is 13.3. The van der Waals surface area contributed by atoms with Crippen LogP contribution in [0.3, 0.4) is 0 Å². The highest BCUT2D eigenvalue weighted by atomic mass is 19.1. The van der Waals surface area contributed by atoms with E-state index in [0.29, 0.717) is 21.8 Å². The number of nitrogens with one attached hydrogen (secondary N) is 1. The van der Waals surface area contributed by atoms with E-state index in [0.717, 1.165) is 5.56 Å². The van der Waals surface area contributed by atoms with Crippen molar-refractivity contribution in [1.29, 1.82) is 0 Å². The third-order valence-corrected chi connectivity index (χ3v) is 2.98. The molecule has 0 amide bonds. The number of hydrogen-bond acceptors (Lipinski definition) is 2. The molecule has 18 heavy (non-hydrogen) atoms. The minimum absolute atomic E-state index is 0.0112. The molecular formula is C13H9FN2O2. The number of benzene rings is 1. The first kappa shape index (κ1) is 10.7. The lowest BCUT2D eigenvalue weighted by Crippen LogP contribution is -2.02. The van der Waals surface area contributed by atoms with Crippen molar-refractivity contribution < 1.29 is 14.3 Å². The predicted molar refractivity (Wildman–Crippen MR) is 65.3 cm³/mol. The summed E-state index contributed by atoms with van der Waals surface area (Å²) in [6.07, 6.45) is 1.70. The first-order valence-electron chi connectivity index (χ1n) is 5.38. The molecule has 2 aromatic heterocycles. The van der Waals surface area contributed by atoms with Crippen molar-refractivity contribution in [2.75, 3.05) is 0 Å². The van der Waals surface area contributed by atoms with Gasteiger partial charge in [-0.3, -0.25) is 0 Å². The zero-order chi connectivity index (χ0) is 12.9. The van der Waals surface area contributed by atoms with Gasteiger partial charge in [0, 0.05) is 17.0 Å². The Labute approximate surface area is 101 Å². The van der Waals surface area contributed by atoms with Gasteiger partial charge in [-0.25, -0.2) is 14.2 Å². The van der Waals surface area contributed by atoms with Gasteiger partial charge in [-0.1, -0.05) is 0 Å². The molecule has 90 valence electrons. The van der Waals surface area contributed by atoms with Crippen LogP contribution in [-0.4, -0.2) is 21.0 Å². The number of hydrogen-bond donors (Lipinski definition) is 2. The predicted octanol–water partition coefficient (Wildman–Crippen LogP) is 2.86. The Bertz CT molecular complexity index is 792. The number of nitrogens with zero attached hydrogens (tertiary/aromatic N) is 1. The number of carboxylic acids is 1. The lowest BCUT2D eigenvalue weighted by atomic mass is 10.1. The highest BCUT2D eigenvalue weighted by Crippen LogP contribution is 2.28. The molecule has 0 aliphatic carbocycles. The number of halogens is 1. The van der Waals surface area contributed by atoms with Gasteiger partial charge in [0.1, 0.15) is 5.82 Å².